The van der Waals surface area contributed by atoms with Crippen LogP contribution in [0.1, 0.15) is 52.7 Å². The summed E-state index contributed by atoms with van der Waals surface area (Å²) in [6, 6.07) is 4.55. The quantitative estimate of drug-likeness (QED) is 0.563. The van der Waals surface area contributed by atoms with Gasteiger partial charge in [-0.05, 0) is 49.3 Å². The first-order chi connectivity index (χ1) is 14.2. The molecule has 0 spiro atoms. The van der Waals surface area contributed by atoms with Gasteiger partial charge in [0.15, 0.2) is 0 Å². The smallest absolute Gasteiger partial charge is 0.287 e. The molecule has 0 aromatic carbocycles. The Kier molecular flexibility index (Phi) is 5.17. The van der Waals surface area contributed by atoms with Crippen LogP contribution in [-0.2, 0) is 5.92 Å². The monoisotopic (exact) mass is 431 g/mol. The van der Waals surface area contributed by atoms with Crippen molar-refractivity contribution in [1.82, 2.24) is 14.8 Å². The predicted octanol–water partition coefficient (Wildman–Crippen LogP) is 4.24. The van der Waals surface area contributed by atoms with Crippen LogP contribution in [0, 0.1) is 17.7 Å². The molecule has 2 aromatic rings. The number of nitrogens with one attached hydrogen (secondary N) is 2. The molecular weight excluding hydrogens is 408 g/mol. The molecule has 2 aromatic heterocycles. The Hall–Kier alpha value is -2.68. The number of hydrogen-bond donors (Lipinski definition) is 2. The van der Waals surface area contributed by atoms with E-state index in [4.69, 9.17) is 10.8 Å². The Morgan fingerprint density at radius 3 is 2.77 bits per heavy atom. The van der Waals surface area contributed by atoms with Crippen molar-refractivity contribution in [3.8, 4) is 0 Å². The van der Waals surface area contributed by atoms with Gasteiger partial charge in [-0.2, -0.15) is 8.78 Å². The molecule has 2 aliphatic heterocycles. The maximum absolute atomic E-state index is 13.9. The lowest BCUT2D eigenvalue weighted by atomic mass is 9.88. The van der Waals surface area contributed by atoms with E-state index in [2.05, 4.69) is 4.98 Å². The molecule has 2 unspecified atom stereocenters. The largest absolute Gasteiger partial charge is 0.324 e. The maximum Gasteiger partial charge on any atom is 0.287 e. The molecule has 0 saturated carbocycles. The number of amides is 1. The van der Waals surface area contributed by atoms with E-state index in [1.807, 2.05) is 17.5 Å². The summed E-state index contributed by atoms with van der Waals surface area (Å²) in [5, 5.41) is 19.1. The Labute approximate surface area is 177 Å². The molecule has 2 aliphatic rings. The molecule has 158 valence electrons. The molecule has 2 fully saturated rings. The fraction of sp³-hybridized carbons (Fsp3) is 0.429. The van der Waals surface area contributed by atoms with Gasteiger partial charge >= 0.3 is 0 Å². The average Bonchev–Trinajstić information content (AvgIpc) is 3.23. The number of nitrogens with zero attached hydrogens (tertiary/aromatic N) is 3. The van der Waals surface area contributed by atoms with Crippen LogP contribution in [0.25, 0.3) is 0 Å². The van der Waals surface area contributed by atoms with Gasteiger partial charge < -0.3 is 9.80 Å². The van der Waals surface area contributed by atoms with Gasteiger partial charge in [0.05, 0.1) is 17.0 Å². The van der Waals surface area contributed by atoms with Crippen molar-refractivity contribution in [3.05, 3.63) is 51.5 Å². The van der Waals surface area contributed by atoms with Crippen molar-refractivity contribution in [3.63, 3.8) is 0 Å². The second-order valence-electron chi connectivity index (χ2n) is 7.86. The molecule has 2 N–H and O–H groups in total. The average molecular weight is 432 g/mol. The normalized spacial score (nSPS) is 21.7. The number of aromatic nitrogens is 1. The van der Waals surface area contributed by atoms with Gasteiger partial charge in [-0.25, -0.2) is 0 Å². The number of carbonyl (C=O) groups is 1. The number of thiophene rings is 1. The van der Waals surface area contributed by atoms with Crippen molar-refractivity contribution in [2.24, 2.45) is 0 Å². The van der Waals surface area contributed by atoms with Crippen molar-refractivity contribution < 1.29 is 13.6 Å². The number of hydrogen-bond acceptors (Lipinski definition) is 5. The molecule has 2 saturated heterocycles. The topological polar surface area (TPSA) is 84.1 Å². The number of piperidine rings is 1. The molecule has 2 atom stereocenters. The summed E-state index contributed by atoms with van der Waals surface area (Å²) in [6.07, 6.45) is 3.51. The number of carbonyl (C=O) groups excluding carboxylic acids is 1. The lowest BCUT2D eigenvalue weighted by Gasteiger charge is -2.50. The Morgan fingerprint density at radius 2 is 2.10 bits per heavy atom. The summed E-state index contributed by atoms with van der Waals surface area (Å²) in [5.41, 5.74) is -0.0203. The van der Waals surface area contributed by atoms with E-state index in [1.165, 1.54) is 30.5 Å². The summed E-state index contributed by atoms with van der Waals surface area (Å²) < 4.78 is 27.8. The highest BCUT2D eigenvalue weighted by atomic mass is 32.1. The molecular formula is C21H23F2N5OS. The first kappa shape index (κ1) is 20.6. The third kappa shape index (κ3) is 3.40. The van der Waals surface area contributed by atoms with E-state index in [0.29, 0.717) is 13.0 Å². The van der Waals surface area contributed by atoms with Crippen molar-refractivity contribution in [2.75, 3.05) is 6.54 Å². The van der Waals surface area contributed by atoms with E-state index in [9.17, 15) is 13.6 Å². The van der Waals surface area contributed by atoms with E-state index >= 15 is 0 Å². The van der Waals surface area contributed by atoms with Gasteiger partial charge in [-0.3, -0.25) is 20.6 Å². The molecule has 2 bridgehead atoms. The molecule has 1 amide bonds. The predicted molar refractivity (Wildman–Crippen MR) is 112 cm³/mol. The van der Waals surface area contributed by atoms with Gasteiger partial charge in [0, 0.05) is 25.2 Å². The van der Waals surface area contributed by atoms with Crippen LogP contribution in [0.3, 0.4) is 0 Å². The summed E-state index contributed by atoms with van der Waals surface area (Å²) in [7, 11) is 0. The summed E-state index contributed by atoms with van der Waals surface area (Å²) in [6.45, 7) is 2.63. The minimum absolute atomic E-state index is 0.174. The SMILES string of the molecule is Cc1c(C(=O)N2C3CCCC2C(=N)N(C(=N)c2cccs2)C3)ccnc1C(C)(F)F. The summed E-state index contributed by atoms with van der Waals surface area (Å²) in [4.78, 5) is 21.4. The molecule has 6 nitrogen and oxygen atoms in total. The van der Waals surface area contributed by atoms with Crippen LogP contribution in [0.5, 0.6) is 0 Å². The van der Waals surface area contributed by atoms with Crippen molar-refractivity contribution in [2.45, 2.75) is 51.1 Å². The fourth-order valence-corrected chi connectivity index (χ4v) is 5.11. The molecule has 4 heterocycles. The zero-order chi connectivity index (χ0) is 21.6. The molecule has 9 heteroatoms. The van der Waals surface area contributed by atoms with Gasteiger partial charge in [0.25, 0.3) is 11.8 Å². The van der Waals surface area contributed by atoms with Crippen LogP contribution >= 0.6 is 11.3 Å². The second-order valence-corrected chi connectivity index (χ2v) is 8.80. The highest BCUT2D eigenvalue weighted by Crippen LogP contribution is 2.34. The third-order valence-corrected chi connectivity index (χ3v) is 6.73. The van der Waals surface area contributed by atoms with Crippen LogP contribution in [0.15, 0.2) is 29.8 Å². The number of amidine groups is 2. The van der Waals surface area contributed by atoms with Gasteiger partial charge in [-0.15, -0.1) is 11.3 Å². The van der Waals surface area contributed by atoms with Gasteiger partial charge in [0.1, 0.15) is 17.4 Å². The second kappa shape index (κ2) is 7.54. The maximum atomic E-state index is 13.9. The van der Waals surface area contributed by atoms with Gasteiger partial charge in [0.2, 0.25) is 0 Å². The van der Waals surface area contributed by atoms with E-state index < -0.39 is 17.7 Å². The third-order valence-electron chi connectivity index (χ3n) is 5.85. The van der Waals surface area contributed by atoms with Crippen LogP contribution in [0.4, 0.5) is 8.78 Å². The van der Waals surface area contributed by atoms with Crippen molar-refractivity contribution in [1.29, 1.82) is 10.8 Å². The first-order valence-electron chi connectivity index (χ1n) is 9.85. The molecule has 0 aliphatic carbocycles. The number of halogens is 2. The zero-order valence-corrected chi connectivity index (χ0v) is 17.6. The lowest BCUT2D eigenvalue weighted by molar-refractivity contribution is 0.0119. The standard InChI is InChI=1S/C21H23F2N5OS/c1-12-14(8-9-26-17(12)21(2,22)23)20(29)28-13-5-3-6-15(28)18(24)27(11-13)19(25)16-7-4-10-30-16/h4,7-10,13,15,24-25H,3,5-6,11H2,1-2H3. The first-order valence-corrected chi connectivity index (χ1v) is 10.7. The van der Waals surface area contributed by atoms with E-state index in [1.54, 1.807) is 9.80 Å². The number of rotatable bonds is 3. The Morgan fingerprint density at radius 1 is 1.33 bits per heavy atom. The van der Waals surface area contributed by atoms with E-state index in [0.717, 1.165) is 24.6 Å². The van der Waals surface area contributed by atoms with Crippen LogP contribution in [-0.4, -0.2) is 51.0 Å². The minimum atomic E-state index is -3.14. The number of likely N-dealkylation sites (tertiary alicyclic amines) is 1. The number of pyridine rings is 1. The molecule has 4 rings (SSSR count). The van der Waals surface area contributed by atoms with E-state index in [-0.39, 0.29) is 34.7 Å². The Balaban J connectivity index is 1.66. The summed E-state index contributed by atoms with van der Waals surface area (Å²) >= 11 is 1.44. The number of fused-ring (bicyclic) bond motifs is 2. The number of alkyl halides is 2. The molecule has 30 heavy (non-hydrogen) atoms. The van der Waals surface area contributed by atoms with Crippen LogP contribution < -0.4 is 0 Å². The zero-order valence-electron chi connectivity index (χ0n) is 16.8. The number of piperazine rings is 1. The summed E-state index contributed by atoms with van der Waals surface area (Å²) in [5.74, 6) is -3.00. The highest BCUT2D eigenvalue weighted by molar-refractivity contribution is 7.12. The fourth-order valence-electron chi connectivity index (χ4n) is 4.43. The van der Waals surface area contributed by atoms with Gasteiger partial charge in [-0.1, -0.05) is 6.07 Å². The Bertz CT molecular complexity index is 1000. The lowest BCUT2D eigenvalue weighted by Crippen LogP contribution is -2.66. The van der Waals surface area contributed by atoms with Crippen molar-refractivity contribution >= 4 is 28.9 Å². The van der Waals surface area contributed by atoms with Crippen LogP contribution in [0.2, 0.25) is 0 Å². The highest BCUT2D eigenvalue weighted by Gasteiger charge is 2.45. The minimum Gasteiger partial charge on any atom is -0.324 e. The molecule has 0 radical (unpaired) electrons.